The van der Waals surface area contributed by atoms with Gasteiger partial charge in [-0.05, 0) is 24.1 Å². The summed E-state index contributed by atoms with van der Waals surface area (Å²) in [6.45, 7) is 3.76. The maximum atomic E-state index is 13.2. The summed E-state index contributed by atoms with van der Waals surface area (Å²) in [6, 6.07) is 9.69. The molecular formula is C19H26FIN4O. The van der Waals surface area contributed by atoms with Crippen molar-refractivity contribution < 1.29 is 9.13 Å². The van der Waals surface area contributed by atoms with Crippen molar-refractivity contribution in [3.63, 3.8) is 0 Å². The molecular weight excluding hydrogens is 446 g/mol. The van der Waals surface area contributed by atoms with Crippen LogP contribution in [0.5, 0.6) is 11.6 Å². The van der Waals surface area contributed by atoms with Crippen molar-refractivity contribution in [1.82, 2.24) is 15.2 Å². The van der Waals surface area contributed by atoms with Crippen molar-refractivity contribution in [2.45, 2.75) is 26.3 Å². The van der Waals surface area contributed by atoms with Gasteiger partial charge in [0.15, 0.2) is 5.96 Å². The van der Waals surface area contributed by atoms with Gasteiger partial charge in [-0.2, -0.15) is 0 Å². The molecule has 0 fully saturated rings. The summed E-state index contributed by atoms with van der Waals surface area (Å²) in [5, 5.41) is 3.32. The molecule has 0 spiro atoms. The van der Waals surface area contributed by atoms with Gasteiger partial charge in [-0.25, -0.2) is 9.37 Å². The van der Waals surface area contributed by atoms with Gasteiger partial charge in [0.2, 0.25) is 5.88 Å². The Balaban J connectivity index is 0.00000338. The standard InChI is InChI=1S/C19H25FN4O.HI/c1-4-5-11-24(3)19(21-2)23-14-15-9-10-18(22-13-15)25-17-8-6-7-16(20)12-17;/h6-10,12-13H,4-5,11,14H2,1-3H3,(H,21,23);1H. The minimum absolute atomic E-state index is 0. The van der Waals surface area contributed by atoms with E-state index in [4.69, 9.17) is 4.74 Å². The second kappa shape index (κ2) is 11.7. The molecule has 0 saturated carbocycles. The number of benzene rings is 1. The van der Waals surface area contributed by atoms with Gasteiger partial charge in [-0.15, -0.1) is 24.0 Å². The third kappa shape index (κ3) is 7.15. The first-order valence-electron chi connectivity index (χ1n) is 8.42. The summed E-state index contributed by atoms with van der Waals surface area (Å²) in [4.78, 5) is 10.7. The molecule has 0 bridgehead atoms. The molecule has 2 aromatic rings. The number of pyridine rings is 1. The van der Waals surface area contributed by atoms with Gasteiger partial charge in [0.05, 0.1) is 0 Å². The van der Waals surface area contributed by atoms with E-state index < -0.39 is 0 Å². The van der Waals surface area contributed by atoms with E-state index >= 15 is 0 Å². The summed E-state index contributed by atoms with van der Waals surface area (Å²) < 4.78 is 18.7. The van der Waals surface area contributed by atoms with Crippen molar-refractivity contribution in [2.75, 3.05) is 20.6 Å². The van der Waals surface area contributed by atoms with Gasteiger partial charge in [-0.3, -0.25) is 4.99 Å². The van der Waals surface area contributed by atoms with Gasteiger partial charge in [0, 0.05) is 45.5 Å². The zero-order valence-corrected chi connectivity index (χ0v) is 17.7. The van der Waals surface area contributed by atoms with Crippen molar-refractivity contribution in [3.05, 3.63) is 54.0 Å². The number of hydrogen-bond donors (Lipinski definition) is 1. The first-order chi connectivity index (χ1) is 12.1. The molecule has 0 aliphatic heterocycles. The van der Waals surface area contributed by atoms with E-state index in [0.29, 0.717) is 18.2 Å². The predicted octanol–water partition coefficient (Wildman–Crippen LogP) is 4.44. The number of unbranched alkanes of at least 4 members (excludes halogenated alkanes) is 1. The van der Waals surface area contributed by atoms with Crippen LogP contribution in [0, 0.1) is 5.82 Å². The maximum absolute atomic E-state index is 13.2. The number of guanidine groups is 1. The Labute approximate surface area is 171 Å². The minimum atomic E-state index is -0.336. The molecule has 0 saturated heterocycles. The van der Waals surface area contributed by atoms with Crippen LogP contribution in [0.3, 0.4) is 0 Å². The Hall–Kier alpha value is -1.90. The van der Waals surface area contributed by atoms with Crippen molar-refractivity contribution in [1.29, 1.82) is 0 Å². The van der Waals surface area contributed by atoms with Gasteiger partial charge < -0.3 is 15.0 Å². The van der Waals surface area contributed by atoms with Gasteiger partial charge >= 0.3 is 0 Å². The van der Waals surface area contributed by atoms with Crippen molar-refractivity contribution in [3.8, 4) is 11.6 Å². The number of rotatable bonds is 7. The van der Waals surface area contributed by atoms with Crippen LogP contribution in [0.2, 0.25) is 0 Å². The second-order valence-electron chi connectivity index (χ2n) is 5.74. The SMILES string of the molecule is CCCCN(C)C(=NC)NCc1ccc(Oc2cccc(F)c2)nc1.I. The fourth-order valence-electron chi connectivity index (χ4n) is 2.29. The van der Waals surface area contributed by atoms with Crippen LogP contribution in [-0.2, 0) is 6.54 Å². The zero-order chi connectivity index (χ0) is 18.1. The number of ether oxygens (including phenoxy) is 1. The lowest BCUT2D eigenvalue weighted by Gasteiger charge is -2.21. The van der Waals surface area contributed by atoms with Crippen LogP contribution in [0.15, 0.2) is 47.6 Å². The van der Waals surface area contributed by atoms with Crippen LogP contribution in [-0.4, -0.2) is 36.5 Å². The van der Waals surface area contributed by atoms with Crippen LogP contribution < -0.4 is 10.1 Å². The first-order valence-corrected chi connectivity index (χ1v) is 8.42. The molecule has 1 aromatic heterocycles. The molecule has 0 aliphatic rings. The third-order valence-corrected chi connectivity index (χ3v) is 3.69. The molecule has 1 heterocycles. The molecule has 0 aliphatic carbocycles. The van der Waals surface area contributed by atoms with Crippen LogP contribution >= 0.6 is 24.0 Å². The van der Waals surface area contributed by atoms with Gasteiger partial charge in [0.1, 0.15) is 11.6 Å². The highest BCUT2D eigenvalue weighted by Gasteiger charge is 2.06. The smallest absolute Gasteiger partial charge is 0.219 e. The lowest BCUT2D eigenvalue weighted by atomic mass is 10.3. The highest BCUT2D eigenvalue weighted by atomic mass is 127. The van der Waals surface area contributed by atoms with Crippen LogP contribution in [0.25, 0.3) is 0 Å². The lowest BCUT2D eigenvalue weighted by Crippen LogP contribution is -2.38. The lowest BCUT2D eigenvalue weighted by molar-refractivity contribution is 0.457. The number of halogens is 2. The summed E-state index contributed by atoms with van der Waals surface area (Å²) in [6.07, 6.45) is 4.02. The topological polar surface area (TPSA) is 49.8 Å². The van der Waals surface area contributed by atoms with E-state index in [0.717, 1.165) is 30.9 Å². The Morgan fingerprint density at radius 3 is 2.73 bits per heavy atom. The Bertz CT molecular complexity index is 694. The quantitative estimate of drug-likeness (QED) is 0.368. The molecule has 5 nitrogen and oxygen atoms in total. The van der Waals surface area contributed by atoms with Gasteiger partial charge in [0.25, 0.3) is 0 Å². The molecule has 26 heavy (non-hydrogen) atoms. The second-order valence-corrected chi connectivity index (χ2v) is 5.74. The van der Waals surface area contributed by atoms with E-state index in [9.17, 15) is 4.39 Å². The molecule has 0 atom stereocenters. The summed E-state index contributed by atoms with van der Waals surface area (Å²) in [7, 11) is 3.80. The summed E-state index contributed by atoms with van der Waals surface area (Å²) in [5.41, 5.74) is 1.01. The van der Waals surface area contributed by atoms with E-state index in [-0.39, 0.29) is 29.8 Å². The monoisotopic (exact) mass is 472 g/mol. The molecule has 0 radical (unpaired) electrons. The third-order valence-electron chi connectivity index (χ3n) is 3.69. The molecule has 1 N–H and O–H groups in total. The van der Waals surface area contributed by atoms with E-state index in [1.54, 1.807) is 31.4 Å². The predicted molar refractivity (Wildman–Crippen MR) is 114 cm³/mol. The van der Waals surface area contributed by atoms with E-state index in [1.807, 2.05) is 13.1 Å². The highest BCUT2D eigenvalue weighted by molar-refractivity contribution is 14.0. The summed E-state index contributed by atoms with van der Waals surface area (Å²) in [5.74, 6) is 1.38. The minimum Gasteiger partial charge on any atom is -0.439 e. The number of hydrogen-bond acceptors (Lipinski definition) is 3. The molecule has 0 amide bonds. The maximum Gasteiger partial charge on any atom is 0.219 e. The van der Waals surface area contributed by atoms with Gasteiger partial charge in [-0.1, -0.05) is 25.5 Å². The number of nitrogens with zero attached hydrogens (tertiary/aromatic N) is 3. The Morgan fingerprint density at radius 2 is 2.12 bits per heavy atom. The van der Waals surface area contributed by atoms with Crippen molar-refractivity contribution in [2.24, 2.45) is 4.99 Å². The molecule has 7 heteroatoms. The average Bonchev–Trinajstić information content (AvgIpc) is 2.62. The van der Waals surface area contributed by atoms with Crippen LogP contribution in [0.1, 0.15) is 25.3 Å². The zero-order valence-electron chi connectivity index (χ0n) is 15.4. The molecule has 1 aromatic carbocycles. The number of aliphatic imine (C=N–C) groups is 1. The Morgan fingerprint density at radius 1 is 1.31 bits per heavy atom. The van der Waals surface area contributed by atoms with E-state index in [2.05, 4.69) is 27.1 Å². The average molecular weight is 472 g/mol. The van der Waals surface area contributed by atoms with E-state index in [1.165, 1.54) is 12.1 Å². The Kier molecular flexibility index (Phi) is 9.93. The molecule has 0 unspecified atom stereocenters. The normalized spacial score (nSPS) is 10.8. The molecule has 2 rings (SSSR count). The number of nitrogens with one attached hydrogen (secondary N) is 1. The summed E-state index contributed by atoms with van der Waals surface area (Å²) >= 11 is 0. The van der Waals surface area contributed by atoms with Crippen LogP contribution in [0.4, 0.5) is 4.39 Å². The fraction of sp³-hybridized carbons (Fsp3) is 0.368. The first kappa shape index (κ1) is 22.1. The molecule has 142 valence electrons. The number of aromatic nitrogens is 1. The highest BCUT2D eigenvalue weighted by Crippen LogP contribution is 2.19. The largest absolute Gasteiger partial charge is 0.439 e. The fourth-order valence-corrected chi connectivity index (χ4v) is 2.29. The van der Waals surface area contributed by atoms with Crippen molar-refractivity contribution >= 4 is 29.9 Å².